The largest absolute Gasteiger partial charge is 0.454 e. The standard InChI is InChI=1S/C22H19NO3S/c23-17-8-4-5-9-21(17)27-22(13-18(24)15-6-2-1-3-7-15)16-10-11-19-20(12-16)26-14-25-19/h1-12,22H,13-14,23H2/t22-/m0/s1. The van der Waals surface area contributed by atoms with E-state index in [2.05, 4.69) is 0 Å². The number of fused-ring (bicyclic) bond motifs is 1. The molecule has 1 heterocycles. The lowest BCUT2D eigenvalue weighted by Crippen LogP contribution is -2.06. The number of anilines is 1. The van der Waals surface area contributed by atoms with Gasteiger partial charge < -0.3 is 15.2 Å². The zero-order valence-corrected chi connectivity index (χ0v) is 15.4. The molecule has 0 radical (unpaired) electrons. The lowest BCUT2D eigenvalue weighted by molar-refractivity contribution is 0.0982. The van der Waals surface area contributed by atoms with Gasteiger partial charge in [-0.1, -0.05) is 48.5 Å². The molecule has 136 valence electrons. The van der Waals surface area contributed by atoms with E-state index in [4.69, 9.17) is 15.2 Å². The van der Waals surface area contributed by atoms with E-state index >= 15 is 0 Å². The van der Waals surface area contributed by atoms with Gasteiger partial charge in [0.05, 0.1) is 0 Å². The zero-order valence-electron chi connectivity index (χ0n) is 14.6. The number of nitrogens with two attached hydrogens (primary N) is 1. The maximum absolute atomic E-state index is 12.8. The quantitative estimate of drug-likeness (QED) is 0.368. The van der Waals surface area contributed by atoms with Crippen LogP contribution in [0.4, 0.5) is 5.69 Å². The van der Waals surface area contributed by atoms with E-state index < -0.39 is 0 Å². The molecule has 5 heteroatoms. The Morgan fingerprint density at radius 3 is 2.52 bits per heavy atom. The second kappa shape index (κ2) is 7.76. The van der Waals surface area contributed by atoms with E-state index in [1.807, 2.05) is 72.8 Å². The number of hydrogen-bond acceptors (Lipinski definition) is 5. The fourth-order valence-electron chi connectivity index (χ4n) is 2.99. The van der Waals surface area contributed by atoms with Crippen molar-refractivity contribution >= 4 is 23.2 Å². The number of rotatable bonds is 6. The molecule has 4 nitrogen and oxygen atoms in total. The number of ether oxygens (including phenoxy) is 2. The predicted octanol–water partition coefficient (Wildman–Crippen LogP) is 5.10. The van der Waals surface area contributed by atoms with Crippen molar-refractivity contribution in [3.63, 3.8) is 0 Å². The second-order valence-electron chi connectivity index (χ2n) is 6.25. The number of para-hydroxylation sites is 1. The zero-order chi connectivity index (χ0) is 18.6. The highest BCUT2D eigenvalue weighted by Gasteiger charge is 2.22. The first-order chi connectivity index (χ1) is 13.2. The summed E-state index contributed by atoms with van der Waals surface area (Å²) in [5.74, 6) is 1.54. The Hall–Kier alpha value is -2.92. The maximum Gasteiger partial charge on any atom is 0.231 e. The topological polar surface area (TPSA) is 61.6 Å². The molecule has 0 aliphatic carbocycles. The number of carbonyl (C=O) groups is 1. The first-order valence-electron chi connectivity index (χ1n) is 8.69. The Kier molecular flexibility index (Phi) is 5.03. The molecular formula is C22H19NO3S. The maximum atomic E-state index is 12.8. The van der Waals surface area contributed by atoms with E-state index in [1.165, 1.54) is 0 Å². The lowest BCUT2D eigenvalue weighted by atomic mass is 10.0. The third-order valence-electron chi connectivity index (χ3n) is 4.42. The number of nitrogen functional groups attached to an aromatic ring is 1. The van der Waals surface area contributed by atoms with Gasteiger partial charge in [0.25, 0.3) is 0 Å². The molecule has 0 fully saturated rings. The molecule has 1 atom stereocenters. The van der Waals surface area contributed by atoms with Gasteiger partial charge in [0.15, 0.2) is 17.3 Å². The minimum absolute atomic E-state index is 0.0862. The fourth-order valence-corrected chi connectivity index (χ4v) is 4.18. The van der Waals surface area contributed by atoms with Crippen LogP contribution in [0.3, 0.4) is 0 Å². The molecule has 0 amide bonds. The smallest absolute Gasteiger partial charge is 0.231 e. The van der Waals surface area contributed by atoms with E-state index in [9.17, 15) is 4.79 Å². The van der Waals surface area contributed by atoms with E-state index in [0.717, 1.165) is 16.2 Å². The van der Waals surface area contributed by atoms with Gasteiger partial charge in [0, 0.05) is 27.8 Å². The van der Waals surface area contributed by atoms with Gasteiger partial charge in [-0.3, -0.25) is 4.79 Å². The molecule has 2 N–H and O–H groups in total. The molecular weight excluding hydrogens is 358 g/mol. The molecule has 0 aromatic heterocycles. The number of ketones is 1. The number of Topliss-reactive ketones (excluding diaryl/α,β-unsaturated/α-hetero) is 1. The lowest BCUT2D eigenvalue weighted by Gasteiger charge is -2.18. The molecule has 4 rings (SSSR count). The SMILES string of the molecule is Nc1ccccc1S[C@@H](CC(=O)c1ccccc1)c1ccc2c(c1)OCO2. The van der Waals surface area contributed by atoms with Crippen LogP contribution in [0.15, 0.2) is 77.7 Å². The summed E-state index contributed by atoms with van der Waals surface area (Å²) in [5, 5.41) is -0.0862. The number of hydrogen-bond donors (Lipinski definition) is 1. The minimum atomic E-state index is -0.0862. The van der Waals surface area contributed by atoms with E-state index in [0.29, 0.717) is 23.4 Å². The first kappa shape index (κ1) is 17.5. The minimum Gasteiger partial charge on any atom is -0.454 e. The highest BCUT2D eigenvalue weighted by molar-refractivity contribution is 7.99. The van der Waals surface area contributed by atoms with Crippen molar-refractivity contribution in [2.24, 2.45) is 0 Å². The summed E-state index contributed by atoms with van der Waals surface area (Å²) in [4.78, 5) is 13.8. The van der Waals surface area contributed by atoms with Crippen LogP contribution >= 0.6 is 11.8 Å². The summed E-state index contributed by atoms with van der Waals surface area (Å²) in [5.41, 5.74) is 8.56. The van der Waals surface area contributed by atoms with Crippen molar-refractivity contribution in [1.29, 1.82) is 0 Å². The van der Waals surface area contributed by atoms with Gasteiger partial charge in [-0.15, -0.1) is 11.8 Å². The number of benzene rings is 3. The molecule has 0 spiro atoms. The Morgan fingerprint density at radius 1 is 0.963 bits per heavy atom. The normalized spacial score (nSPS) is 13.3. The first-order valence-corrected chi connectivity index (χ1v) is 9.57. The molecule has 0 saturated carbocycles. The van der Waals surface area contributed by atoms with E-state index in [-0.39, 0.29) is 17.8 Å². The monoisotopic (exact) mass is 377 g/mol. The van der Waals surface area contributed by atoms with Crippen LogP contribution < -0.4 is 15.2 Å². The van der Waals surface area contributed by atoms with Crippen LogP contribution in [0.5, 0.6) is 11.5 Å². The summed E-state index contributed by atoms with van der Waals surface area (Å²) < 4.78 is 10.9. The summed E-state index contributed by atoms with van der Waals surface area (Å²) in [6, 6.07) is 22.9. The molecule has 0 bridgehead atoms. The van der Waals surface area contributed by atoms with Crippen molar-refractivity contribution in [2.75, 3.05) is 12.5 Å². The molecule has 0 unspecified atom stereocenters. The van der Waals surface area contributed by atoms with Gasteiger partial charge in [-0.05, 0) is 29.8 Å². The highest BCUT2D eigenvalue weighted by Crippen LogP contribution is 2.44. The van der Waals surface area contributed by atoms with Gasteiger partial charge in [-0.2, -0.15) is 0 Å². The van der Waals surface area contributed by atoms with Crippen LogP contribution in [-0.2, 0) is 0 Å². The molecule has 0 saturated heterocycles. The summed E-state index contributed by atoms with van der Waals surface area (Å²) in [6.45, 7) is 0.227. The van der Waals surface area contributed by atoms with Crippen LogP contribution in [0, 0.1) is 0 Å². The predicted molar refractivity (Wildman–Crippen MR) is 107 cm³/mol. The third-order valence-corrected chi connectivity index (χ3v) is 5.77. The Morgan fingerprint density at radius 2 is 1.70 bits per heavy atom. The Labute approximate surface area is 162 Å². The number of carbonyl (C=O) groups excluding carboxylic acids is 1. The van der Waals surface area contributed by atoms with Crippen molar-refractivity contribution in [1.82, 2.24) is 0 Å². The Balaban J connectivity index is 1.64. The second-order valence-corrected chi connectivity index (χ2v) is 7.49. The van der Waals surface area contributed by atoms with Crippen molar-refractivity contribution in [2.45, 2.75) is 16.6 Å². The van der Waals surface area contributed by atoms with Crippen LogP contribution in [-0.4, -0.2) is 12.6 Å². The van der Waals surface area contributed by atoms with Crippen LogP contribution in [0.2, 0.25) is 0 Å². The highest BCUT2D eigenvalue weighted by atomic mass is 32.2. The van der Waals surface area contributed by atoms with Crippen molar-refractivity contribution < 1.29 is 14.3 Å². The average molecular weight is 377 g/mol. The molecule has 27 heavy (non-hydrogen) atoms. The van der Waals surface area contributed by atoms with Crippen LogP contribution in [0.25, 0.3) is 0 Å². The van der Waals surface area contributed by atoms with Crippen molar-refractivity contribution in [3.05, 3.63) is 83.9 Å². The summed E-state index contributed by atoms with van der Waals surface area (Å²) in [7, 11) is 0. The summed E-state index contributed by atoms with van der Waals surface area (Å²) in [6.07, 6.45) is 0.364. The Bertz CT molecular complexity index is 959. The average Bonchev–Trinajstić information content (AvgIpc) is 3.17. The van der Waals surface area contributed by atoms with Gasteiger partial charge in [0.1, 0.15) is 0 Å². The molecule has 1 aliphatic heterocycles. The number of thioether (sulfide) groups is 1. The molecule has 3 aromatic rings. The van der Waals surface area contributed by atoms with Crippen LogP contribution in [0.1, 0.15) is 27.6 Å². The van der Waals surface area contributed by atoms with Gasteiger partial charge in [-0.25, -0.2) is 0 Å². The van der Waals surface area contributed by atoms with Gasteiger partial charge in [0.2, 0.25) is 6.79 Å². The molecule has 1 aliphatic rings. The van der Waals surface area contributed by atoms with E-state index in [1.54, 1.807) is 11.8 Å². The fraction of sp³-hybridized carbons (Fsp3) is 0.136. The third kappa shape index (κ3) is 3.93. The van der Waals surface area contributed by atoms with Gasteiger partial charge >= 0.3 is 0 Å². The van der Waals surface area contributed by atoms with Crippen molar-refractivity contribution in [3.8, 4) is 11.5 Å². The summed E-state index contributed by atoms with van der Waals surface area (Å²) >= 11 is 1.59. The molecule has 3 aromatic carbocycles.